The van der Waals surface area contributed by atoms with Crippen LogP contribution in [0.15, 0.2) is 77.0 Å². The standard InChI is InChI=1S/C25H22ClN3O3S2/c26-19-10-12-20(13-11-19)34(31,32)29-14-4-7-18(15-29)24(30)28-25-27-23(16-33-25)22-9-3-6-17-5-1-2-8-21(17)22/h1-3,5-6,8-13,16,18H,4,7,14-15H2,(H,27,28,30). The highest BCUT2D eigenvalue weighted by molar-refractivity contribution is 7.89. The van der Waals surface area contributed by atoms with Crippen LogP contribution in [0.25, 0.3) is 22.0 Å². The maximum atomic E-state index is 13.0. The van der Waals surface area contributed by atoms with Gasteiger partial charge in [-0.05, 0) is 47.9 Å². The first-order chi connectivity index (χ1) is 16.4. The molecule has 1 unspecified atom stereocenters. The van der Waals surface area contributed by atoms with Gasteiger partial charge in [-0.25, -0.2) is 13.4 Å². The maximum Gasteiger partial charge on any atom is 0.243 e. The minimum absolute atomic E-state index is 0.137. The number of benzene rings is 3. The molecule has 1 aliphatic rings. The van der Waals surface area contributed by atoms with Crippen molar-refractivity contribution in [2.45, 2.75) is 17.7 Å². The average Bonchev–Trinajstić information content (AvgIpc) is 3.32. The molecule has 0 aliphatic carbocycles. The van der Waals surface area contributed by atoms with E-state index in [2.05, 4.69) is 28.5 Å². The van der Waals surface area contributed by atoms with Crippen LogP contribution in [0.1, 0.15) is 12.8 Å². The molecule has 6 nitrogen and oxygen atoms in total. The van der Waals surface area contributed by atoms with Crippen LogP contribution in [-0.4, -0.2) is 36.7 Å². The number of nitrogens with zero attached hydrogens (tertiary/aromatic N) is 2. The van der Waals surface area contributed by atoms with Gasteiger partial charge >= 0.3 is 0 Å². The molecule has 1 saturated heterocycles. The summed E-state index contributed by atoms with van der Waals surface area (Å²) < 4.78 is 27.4. The van der Waals surface area contributed by atoms with Gasteiger partial charge in [0.15, 0.2) is 5.13 Å². The molecular weight excluding hydrogens is 490 g/mol. The summed E-state index contributed by atoms with van der Waals surface area (Å²) in [4.78, 5) is 17.8. The van der Waals surface area contributed by atoms with E-state index in [1.165, 1.54) is 27.8 Å². The SMILES string of the molecule is O=C(Nc1nc(-c2cccc3ccccc23)cs1)C1CCCN(S(=O)(=O)c2ccc(Cl)cc2)C1. The number of carbonyl (C=O) groups is 1. The third-order valence-corrected chi connectivity index (χ3v) is 8.90. The fourth-order valence-corrected chi connectivity index (χ4v) is 6.60. The summed E-state index contributed by atoms with van der Waals surface area (Å²) in [6.45, 7) is 0.523. The first-order valence-electron chi connectivity index (χ1n) is 10.9. The number of amides is 1. The first-order valence-corrected chi connectivity index (χ1v) is 13.6. The Morgan fingerprint density at radius 2 is 1.82 bits per heavy atom. The molecule has 1 fully saturated rings. The molecule has 4 aromatic rings. The van der Waals surface area contributed by atoms with Crippen molar-refractivity contribution >= 4 is 54.8 Å². The predicted octanol–water partition coefficient (Wildman–Crippen LogP) is 5.66. The number of piperidine rings is 1. The summed E-state index contributed by atoms with van der Waals surface area (Å²) in [5.41, 5.74) is 1.81. The lowest BCUT2D eigenvalue weighted by Crippen LogP contribution is -2.43. The van der Waals surface area contributed by atoms with Gasteiger partial charge in [0.2, 0.25) is 15.9 Å². The summed E-state index contributed by atoms with van der Waals surface area (Å²) in [6, 6.07) is 20.3. The fourth-order valence-electron chi connectivity index (χ4n) is 4.24. The van der Waals surface area contributed by atoms with Crippen molar-refractivity contribution in [3.63, 3.8) is 0 Å². The molecule has 1 N–H and O–H groups in total. The van der Waals surface area contributed by atoms with Crippen LogP contribution in [0.4, 0.5) is 5.13 Å². The smallest absolute Gasteiger partial charge is 0.243 e. The monoisotopic (exact) mass is 511 g/mol. The molecule has 1 aliphatic heterocycles. The minimum Gasteiger partial charge on any atom is -0.302 e. The Kier molecular flexibility index (Phi) is 6.40. The predicted molar refractivity (Wildman–Crippen MR) is 137 cm³/mol. The molecule has 0 spiro atoms. The Labute approximate surface area is 207 Å². The molecule has 0 saturated carbocycles. The van der Waals surface area contributed by atoms with E-state index < -0.39 is 15.9 Å². The number of nitrogens with one attached hydrogen (secondary N) is 1. The van der Waals surface area contributed by atoms with Gasteiger partial charge in [0.05, 0.1) is 16.5 Å². The molecular formula is C25H22ClN3O3S2. The second kappa shape index (κ2) is 9.46. The highest BCUT2D eigenvalue weighted by Crippen LogP contribution is 2.32. The summed E-state index contributed by atoms with van der Waals surface area (Å²) >= 11 is 7.25. The van der Waals surface area contributed by atoms with E-state index >= 15 is 0 Å². The first kappa shape index (κ1) is 23.0. The van der Waals surface area contributed by atoms with Gasteiger partial charge in [0, 0.05) is 29.1 Å². The number of halogens is 1. The normalized spacial score (nSPS) is 17.0. The van der Waals surface area contributed by atoms with Gasteiger partial charge < -0.3 is 5.32 Å². The van der Waals surface area contributed by atoms with Crippen LogP contribution in [0, 0.1) is 5.92 Å². The lowest BCUT2D eigenvalue weighted by molar-refractivity contribution is -0.120. The molecule has 1 atom stereocenters. The highest BCUT2D eigenvalue weighted by atomic mass is 35.5. The number of sulfonamides is 1. The molecule has 0 bridgehead atoms. The number of anilines is 1. The second-order valence-corrected chi connectivity index (χ2v) is 11.4. The van der Waals surface area contributed by atoms with Gasteiger partial charge in [-0.2, -0.15) is 4.31 Å². The highest BCUT2D eigenvalue weighted by Gasteiger charge is 2.33. The summed E-state index contributed by atoms with van der Waals surface area (Å²) in [6.07, 6.45) is 1.24. The molecule has 1 amide bonds. The lowest BCUT2D eigenvalue weighted by atomic mass is 9.99. The van der Waals surface area contributed by atoms with E-state index in [4.69, 9.17) is 11.6 Å². The number of hydrogen-bond donors (Lipinski definition) is 1. The zero-order chi connectivity index (χ0) is 23.7. The molecule has 1 aromatic heterocycles. The van der Waals surface area contributed by atoms with E-state index in [9.17, 15) is 13.2 Å². The van der Waals surface area contributed by atoms with Crippen LogP contribution in [0.5, 0.6) is 0 Å². The summed E-state index contributed by atoms with van der Waals surface area (Å²) in [7, 11) is -3.69. The number of rotatable bonds is 5. The Bertz CT molecular complexity index is 1450. The minimum atomic E-state index is -3.69. The largest absolute Gasteiger partial charge is 0.302 e. The molecule has 174 valence electrons. The third-order valence-electron chi connectivity index (χ3n) is 6.01. The van der Waals surface area contributed by atoms with Crippen LogP contribution < -0.4 is 5.32 Å². The Morgan fingerprint density at radius 1 is 1.06 bits per heavy atom. The van der Waals surface area contributed by atoms with Crippen LogP contribution in [-0.2, 0) is 14.8 Å². The van der Waals surface area contributed by atoms with E-state index in [0.717, 1.165) is 22.0 Å². The fraction of sp³-hybridized carbons (Fsp3) is 0.200. The van der Waals surface area contributed by atoms with Gasteiger partial charge in [-0.1, -0.05) is 54.1 Å². The summed E-state index contributed by atoms with van der Waals surface area (Å²) in [5, 5.41) is 8.03. The van der Waals surface area contributed by atoms with E-state index in [1.807, 2.05) is 29.6 Å². The van der Waals surface area contributed by atoms with Crippen molar-refractivity contribution in [3.8, 4) is 11.3 Å². The Morgan fingerprint density at radius 3 is 2.65 bits per heavy atom. The van der Waals surface area contributed by atoms with Crippen LogP contribution >= 0.6 is 22.9 Å². The number of fused-ring (bicyclic) bond motifs is 1. The van der Waals surface area contributed by atoms with Crippen LogP contribution in [0.3, 0.4) is 0 Å². The van der Waals surface area contributed by atoms with Crippen LogP contribution in [0.2, 0.25) is 5.02 Å². The second-order valence-electron chi connectivity index (χ2n) is 8.21. The Balaban J connectivity index is 1.30. The van der Waals surface area contributed by atoms with Crippen molar-refractivity contribution in [1.29, 1.82) is 0 Å². The molecule has 2 heterocycles. The van der Waals surface area contributed by atoms with Gasteiger partial charge in [-0.15, -0.1) is 11.3 Å². The van der Waals surface area contributed by atoms with E-state index in [-0.39, 0.29) is 17.3 Å². The lowest BCUT2D eigenvalue weighted by Gasteiger charge is -2.31. The van der Waals surface area contributed by atoms with Gasteiger partial charge in [-0.3, -0.25) is 4.79 Å². The number of aromatic nitrogens is 1. The molecule has 9 heteroatoms. The Hall–Kier alpha value is -2.78. The quantitative estimate of drug-likeness (QED) is 0.375. The molecule has 5 rings (SSSR count). The number of hydrogen-bond acceptors (Lipinski definition) is 5. The molecule has 3 aromatic carbocycles. The maximum absolute atomic E-state index is 13.0. The topological polar surface area (TPSA) is 79.4 Å². The average molecular weight is 512 g/mol. The molecule has 34 heavy (non-hydrogen) atoms. The zero-order valence-electron chi connectivity index (χ0n) is 18.1. The van der Waals surface area contributed by atoms with Crippen molar-refractivity contribution < 1.29 is 13.2 Å². The zero-order valence-corrected chi connectivity index (χ0v) is 20.5. The van der Waals surface area contributed by atoms with Crippen molar-refractivity contribution in [1.82, 2.24) is 9.29 Å². The van der Waals surface area contributed by atoms with Crippen molar-refractivity contribution in [2.75, 3.05) is 18.4 Å². The third kappa shape index (κ3) is 4.59. The van der Waals surface area contributed by atoms with Gasteiger partial charge in [0.1, 0.15) is 0 Å². The van der Waals surface area contributed by atoms with Gasteiger partial charge in [0.25, 0.3) is 0 Å². The summed E-state index contributed by atoms with van der Waals surface area (Å²) in [5.74, 6) is -0.657. The van der Waals surface area contributed by atoms with Crippen molar-refractivity contribution in [3.05, 3.63) is 77.1 Å². The number of carbonyl (C=O) groups excluding carboxylic acids is 1. The van der Waals surface area contributed by atoms with E-state index in [1.54, 1.807) is 12.1 Å². The molecule has 0 radical (unpaired) electrons. The van der Waals surface area contributed by atoms with E-state index in [0.29, 0.717) is 29.5 Å². The van der Waals surface area contributed by atoms with Crippen molar-refractivity contribution in [2.24, 2.45) is 5.92 Å². The number of thiazole rings is 1.